The summed E-state index contributed by atoms with van der Waals surface area (Å²) in [5.41, 5.74) is 1.74. The van der Waals surface area contributed by atoms with Crippen molar-refractivity contribution in [3.05, 3.63) is 59.1 Å². The van der Waals surface area contributed by atoms with E-state index in [-0.39, 0.29) is 16.3 Å². The van der Waals surface area contributed by atoms with E-state index in [0.29, 0.717) is 5.92 Å². The van der Waals surface area contributed by atoms with Crippen molar-refractivity contribution in [2.75, 3.05) is 18.0 Å². The van der Waals surface area contributed by atoms with Crippen molar-refractivity contribution >= 4 is 17.3 Å². The number of hydrogen-bond acceptors (Lipinski definition) is 2. The molecular weight excluding hydrogens is 299 g/mol. The summed E-state index contributed by atoms with van der Waals surface area (Å²) in [6.45, 7) is 1.77. The normalized spacial score (nSPS) is 25.4. The van der Waals surface area contributed by atoms with Crippen molar-refractivity contribution in [2.24, 2.45) is 11.3 Å². The van der Waals surface area contributed by atoms with Gasteiger partial charge < -0.3 is 4.90 Å². The van der Waals surface area contributed by atoms with E-state index in [1.54, 1.807) is 12.3 Å². The van der Waals surface area contributed by atoms with E-state index >= 15 is 0 Å². The molecule has 0 bridgehead atoms. The molecule has 2 atom stereocenters. The second-order valence-electron chi connectivity index (χ2n) is 6.00. The molecule has 2 aliphatic rings. The minimum absolute atomic E-state index is 0.0492. The highest BCUT2D eigenvalue weighted by Crippen LogP contribution is 2.58. The molecule has 22 heavy (non-hydrogen) atoms. The molecule has 2 fully saturated rings. The molecule has 0 amide bonds. The molecule has 1 saturated carbocycles. The van der Waals surface area contributed by atoms with E-state index in [1.165, 1.54) is 6.07 Å². The van der Waals surface area contributed by atoms with Crippen LogP contribution >= 0.6 is 11.6 Å². The van der Waals surface area contributed by atoms with Crippen LogP contribution in [0.4, 0.5) is 10.1 Å². The number of pyridine rings is 1. The van der Waals surface area contributed by atoms with Gasteiger partial charge in [-0.2, -0.15) is 0 Å². The van der Waals surface area contributed by atoms with Gasteiger partial charge in [0.25, 0.3) is 0 Å². The lowest BCUT2D eigenvalue weighted by Crippen LogP contribution is -2.24. The van der Waals surface area contributed by atoms with Gasteiger partial charge in [-0.15, -0.1) is 0 Å². The van der Waals surface area contributed by atoms with Gasteiger partial charge in [-0.3, -0.25) is 0 Å². The molecule has 2 heterocycles. The largest absolute Gasteiger partial charge is 0.370 e. The molecule has 110 valence electrons. The summed E-state index contributed by atoms with van der Waals surface area (Å²) in [5, 5.41) is 0.165. The summed E-state index contributed by atoms with van der Waals surface area (Å²) in [5.74, 6) is 6.78. The van der Waals surface area contributed by atoms with E-state index in [1.807, 2.05) is 24.3 Å². The second-order valence-corrected chi connectivity index (χ2v) is 6.41. The van der Waals surface area contributed by atoms with Gasteiger partial charge in [-0.05, 0) is 48.6 Å². The SMILES string of the molecule is Fc1cc(N2CC3CC3(C#Cc3ccccn3)C2)ccc1Cl. The number of benzene rings is 1. The number of halogens is 2. The third-order valence-electron chi connectivity index (χ3n) is 4.52. The predicted molar refractivity (Wildman–Crippen MR) is 85.3 cm³/mol. The fourth-order valence-corrected chi connectivity index (χ4v) is 3.30. The van der Waals surface area contributed by atoms with Gasteiger partial charge >= 0.3 is 0 Å². The van der Waals surface area contributed by atoms with Crippen molar-refractivity contribution < 1.29 is 4.39 Å². The monoisotopic (exact) mass is 312 g/mol. The van der Waals surface area contributed by atoms with Crippen LogP contribution in [0.25, 0.3) is 0 Å². The first kappa shape index (κ1) is 13.6. The van der Waals surface area contributed by atoms with Crippen LogP contribution in [-0.4, -0.2) is 18.1 Å². The van der Waals surface area contributed by atoms with Crippen LogP contribution in [-0.2, 0) is 0 Å². The third-order valence-corrected chi connectivity index (χ3v) is 4.83. The second kappa shape index (κ2) is 5.00. The van der Waals surface area contributed by atoms with Crippen LogP contribution < -0.4 is 4.90 Å². The van der Waals surface area contributed by atoms with E-state index in [9.17, 15) is 4.39 Å². The number of piperidine rings is 1. The Labute approximate surface area is 133 Å². The topological polar surface area (TPSA) is 16.1 Å². The highest BCUT2D eigenvalue weighted by Gasteiger charge is 2.59. The number of anilines is 1. The first-order chi connectivity index (χ1) is 10.7. The Bertz CT molecular complexity index is 781. The highest BCUT2D eigenvalue weighted by atomic mass is 35.5. The fourth-order valence-electron chi connectivity index (χ4n) is 3.18. The zero-order valence-corrected chi connectivity index (χ0v) is 12.6. The standard InChI is InChI=1S/C18H14ClFN2/c19-16-5-4-15(9-17(16)20)22-11-13-10-18(13,12-22)7-6-14-3-1-2-8-21-14/h1-5,8-9,13H,10-12H2. The summed E-state index contributed by atoms with van der Waals surface area (Å²) >= 11 is 5.75. The number of nitrogens with zero attached hydrogens (tertiary/aromatic N) is 2. The molecule has 1 aliphatic heterocycles. The van der Waals surface area contributed by atoms with E-state index < -0.39 is 0 Å². The molecule has 1 aromatic heterocycles. The van der Waals surface area contributed by atoms with Crippen molar-refractivity contribution in [3.63, 3.8) is 0 Å². The lowest BCUT2D eigenvalue weighted by atomic mass is 10.1. The van der Waals surface area contributed by atoms with Crippen molar-refractivity contribution in [2.45, 2.75) is 6.42 Å². The van der Waals surface area contributed by atoms with Gasteiger partial charge in [0.1, 0.15) is 11.5 Å². The Morgan fingerprint density at radius 3 is 3.00 bits per heavy atom. The summed E-state index contributed by atoms with van der Waals surface area (Å²) in [6.07, 6.45) is 2.88. The Kier molecular flexibility index (Phi) is 3.09. The van der Waals surface area contributed by atoms with Gasteiger partial charge in [-0.1, -0.05) is 23.6 Å². The van der Waals surface area contributed by atoms with Crippen molar-refractivity contribution in [1.82, 2.24) is 4.98 Å². The number of rotatable bonds is 1. The first-order valence-corrected chi connectivity index (χ1v) is 7.68. The van der Waals surface area contributed by atoms with Crippen molar-refractivity contribution in [1.29, 1.82) is 0 Å². The third kappa shape index (κ3) is 2.34. The Morgan fingerprint density at radius 2 is 2.23 bits per heavy atom. The molecule has 4 rings (SSSR count). The highest BCUT2D eigenvalue weighted by molar-refractivity contribution is 6.30. The fraction of sp³-hybridized carbons (Fsp3) is 0.278. The minimum atomic E-state index is -0.367. The van der Waals surface area contributed by atoms with E-state index in [0.717, 1.165) is 30.9 Å². The van der Waals surface area contributed by atoms with Crippen molar-refractivity contribution in [3.8, 4) is 11.8 Å². The summed E-state index contributed by atoms with van der Waals surface area (Å²) < 4.78 is 13.6. The first-order valence-electron chi connectivity index (χ1n) is 7.30. The number of hydrogen-bond donors (Lipinski definition) is 0. The van der Waals surface area contributed by atoms with Crippen LogP contribution in [0.15, 0.2) is 42.6 Å². The molecule has 0 N–H and O–H groups in total. The smallest absolute Gasteiger partial charge is 0.143 e. The van der Waals surface area contributed by atoms with Crippen LogP contribution in [0.1, 0.15) is 12.1 Å². The molecule has 0 radical (unpaired) electrons. The number of aromatic nitrogens is 1. The zero-order valence-electron chi connectivity index (χ0n) is 11.9. The molecule has 2 nitrogen and oxygen atoms in total. The van der Waals surface area contributed by atoms with Gasteiger partial charge in [0.2, 0.25) is 0 Å². The quantitative estimate of drug-likeness (QED) is 0.746. The van der Waals surface area contributed by atoms with E-state index in [2.05, 4.69) is 21.7 Å². The Hall–Kier alpha value is -2.05. The molecule has 0 spiro atoms. The lowest BCUT2D eigenvalue weighted by molar-refractivity contribution is 0.626. The summed E-state index contributed by atoms with van der Waals surface area (Å²) in [7, 11) is 0. The van der Waals surface area contributed by atoms with Crippen LogP contribution in [0.3, 0.4) is 0 Å². The average molecular weight is 313 g/mol. The van der Waals surface area contributed by atoms with Crippen LogP contribution in [0.2, 0.25) is 5.02 Å². The van der Waals surface area contributed by atoms with Crippen LogP contribution in [0, 0.1) is 29.0 Å². The predicted octanol–water partition coefficient (Wildman–Crippen LogP) is 3.75. The van der Waals surface area contributed by atoms with E-state index in [4.69, 9.17) is 11.6 Å². The van der Waals surface area contributed by atoms with Crippen LogP contribution in [0.5, 0.6) is 0 Å². The molecule has 1 saturated heterocycles. The molecule has 2 unspecified atom stereocenters. The molecule has 2 aromatic rings. The average Bonchev–Trinajstić information content (AvgIpc) is 3.10. The molecule has 1 aliphatic carbocycles. The minimum Gasteiger partial charge on any atom is -0.370 e. The Morgan fingerprint density at radius 1 is 1.32 bits per heavy atom. The summed E-state index contributed by atoms with van der Waals surface area (Å²) in [6, 6.07) is 10.7. The zero-order chi connectivity index (χ0) is 15.2. The lowest BCUT2D eigenvalue weighted by Gasteiger charge is -2.21. The maximum absolute atomic E-state index is 13.6. The van der Waals surface area contributed by atoms with Gasteiger partial charge in [0, 0.05) is 25.0 Å². The Balaban J connectivity index is 1.53. The van der Waals surface area contributed by atoms with Gasteiger partial charge in [0.05, 0.1) is 10.4 Å². The summed E-state index contributed by atoms with van der Waals surface area (Å²) in [4.78, 5) is 6.43. The van der Waals surface area contributed by atoms with Gasteiger partial charge in [-0.25, -0.2) is 9.37 Å². The molecular formula is C18H14ClFN2. The molecule has 1 aromatic carbocycles. The molecule has 4 heteroatoms. The maximum atomic E-state index is 13.6. The maximum Gasteiger partial charge on any atom is 0.143 e. The van der Waals surface area contributed by atoms with Gasteiger partial charge in [0.15, 0.2) is 0 Å². The number of fused-ring (bicyclic) bond motifs is 1.